The molecule has 0 bridgehead atoms. The highest BCUT2D eigenvalue weighted by Gasteiger charge is 2.58. The zero-order chi connectivity index (χ0) is 27.9. The third-order valence-electron chi connectivity index (χ3n) is 7.75. The normalized spacial score (nSPS) is 28.8. The first-order chi connectivity index (χ1) is 17.9. The molecule has 2 atom stereocenters. The van der Waals surface area contributed by atoms with Crippen LogP contribution in [0.2, 0.25) is 0 Å². The Hall–Kier alpha value is -2.99. The van der Waals surface area contributed by atoms with Crippen LogP contribution in [-0.4, -0.2) is 46.4 Å². The van der Waals surface area contributed by atoms with Crippen molar-refractivity contribution < 1.29 is 37.1 Å². The molecule has 204 valence electrons. The van der Waals surface area contributed by atoms with Crippen molar-refractivity contribution in [1.29, 1.82) is 0 Å². The molecule has 2 aromatic carbocycles. The van der Waals surface area contributed by atoms with Crippen molar-refractivity contribution in [1.82, 2.24) is 9.79 Å². The quantitative estimate of drug-likeness (QED) is 0.201. The van der Waals surface area contributed by atoms with Crippen molar-refractivity contribution in [2.75, 3.05) is 0 Å². The van der Waals surface area contributed by atoms with Gasteiger partial charge in [-0.25, -0.2) is 22.7 Å². The van der Waals surface area contributed by atoms with E-state index in [1.165, 1.54) is 15.9 Å². The second kappa shape index (κ2) is 10.3. The highest BCUT2D eigenvalue weighted by atomic mass is 32.2. The van der Waals surface area contributed by atoms with Crippen LogP contribution in [0.25, 0.3) is 0 Å². The highest BCUT2D eigenvalue weighted by Crippen LogP contribution is 2.53. The topological polar surface area (TPSA) is 124 Å². The smallest absolute Gasteiger partial charge is 0.250 e. The van der Waals surface area contributed by atoms with Gasteiger partial charge in [0.1, 0.15) is 16.9 Å². The summed E-state index contributed by atoms with van der Waals surface area (Å²) in [5.74, 6) is -3.72. The van der Waals surface area contributed by atoms with Crippen LogP contribution in [0.4, 0.5) is 8.78 Å². The van der Waals surface area contributed by atoms with E-state index in [1.54, 1.807) is 37.3 Å². The van der Waals surface area contributed by atoms with Gasteiger partial charge in [0.15, 0.2) is 5.78 Å². The zero-order valence-electron chi connectivity index (χ0n) is 20.9. The molecule has 0 spiro atoms. The van der Waals surface area contributed by atoms with Gasteiger partial charge in [-0.1, -0.05) is 36.4 Å². The summed E-state index contributed by atoms with van der Waals surface area (Å²) in [4.78, 5) is 24.6. The summed E-state index contributed by atoms with van der Waals surface area (Å²) in [6.45, 7) is 4.82. The summed E-state index contributed by atoms with van der Waals surface area (Å²) in [5, 5.41) is 18.5. The summed E-state index contributed by atoms with van der Waals surface area (Å²) < 4.78 is 59.1. The number of hydrogen-bond donors (Lipinski definition) is 3. The van der Waals surface area contributed by atoms with Crippen LogP contribution in [0.3, 0.4) is 0 Å². The van der Waals surface area contributed by atoms with Crippen molar-refractivity contribution >= 4 is 21.7 Å². The number of carbonyl (C=O) groups excluding carboxylic acids is 2. The summed E-state index contributed by atoms with van der Waals surface area (Å²) in [5.41, 5.74) is -1.83. The molecule has 0 aromatic heterocycles. The van der Waals surface area contributed by atoms with Crippen molar-refractivity contribution in [3.63, 3.8) is 0 Å². The molecule has 2 aliphatic rings. The van der Waals surface area contributed by atoms with Gasteiger partial charge in [-0.2, -0.15) is 4.31 Å². The molecule has 0 unspecified atom stereocenters. The molecule has 2 aromatic rings. The van der Waals surface area contributed by atoms with E-state index >= 15 is 8.78 Å². The number of ketones is 1. The van der Waals surface area contributed by atoms with Crippen LogP contribution in [0.1, 0.15) is 61.0 Å². The minimum absolute atomic E-state index is 0.204. The number of nitrogens with zero attached hydrogens (tertiary/aromatic N) is 1. The molecule has 1 amide bonds. The first-order valence-corrected chi connectivity index (χ1v) is 13.7. The lowest BCUT2D eigenvalue weighted by molar-refractivity contribution is -0.144. The van der Waals surface area contributed by atoms with E-state index in [0.29, 0.717) is 18.4 Å². The first-order valence-electron chi connectivity index (χ1n) is 12.2. The summed E-state index contributed by atoms with van der Waals surface area (Å²) >= 11 is 0. The minimum atomic E-state index is -3.90. The zero-order valence-corrected chi connectivity index (χ0v) is 21.7. The minimum Gasteiger partial charge on any atom is -0.386 e. The fraction of sp³-hybridized carbons (Fsp3) is 0.407. The van der Waals surface area contributed by atoms with Crippen LogP contribution in [0.15, 0.2) is 55.1 Å². The van der Waals surface area contributed by atoms with Gasteiger partial charge in [0.05, 0.1) is 17.4 Å². The van der Waals surface area contributed by atoms with E-state index in [9.17, 15) is 23.1 Å². The van der Waals surface area contributed by atoms with Gasteiger partial charge in [0.2, 0.25) is 10.0 Å². The lowest BCUT2D eigenvalue weighted by atomic mass is 9.53. The number of hydrogen-bond acceptors (Lipinski definition) is 6. The monoisotopic (exact) mass is 548 g/mol. The van der Waals surface area contributed by atoms with E-state index in [2.05, 4.69) is 6.58 Å². The average molecular weight is 549 g/mol. The first kappa shape index (κ1) is 28.0. The van der Waals surface area contributed by atoms with Crippen molar-refractivity contribution in [3.05, 3.63) is 83.4 Å². The number of aliphatic hydroxyl groups is 1. The molecule has 8 nitrogen and oxygen atoms in total. The Morgan fingerprint density at radius 2 is 1.82 bits per heavy atom. The molecule has 11 heteroatoms. The molecule has 1 heterocycles. The van der Waals surface area contributed by atoms with Crippen molar-refractivity contribution in [3.8, 4) is 0 Å². The Morgan fingerprint density at radius 1 is 1.16 bits per heavy atom. The molecule has 1 saturated carbocycles. The fourth-order valence-corrected chi connectivity index (χ4v) is 7.81. The second-order valence-corrected chi connectivity index (χ2v) is 12.3. The van der Waals surface area contributed by atoms with Crippen LogP contribution in [0, 0.1) is 11.6 Å². The van der Waals surface area contributed by atoms with Crippen LogP contribution in [-0.2, 0) is 31.6 Å². The van der Waals surface area contributed by atoms with Gasteiger partial charge in [-0.3, -0.25) is 14.8 Å². The molecule has 4 rings (SSSR count). The SMILES string of the molecule is C=CC1(O)CC(C(=O)CC(=O)NO)(c2cc(F)c(CN3[C@@H](C)CC[C@H](c4ccccc4)S3(=O)=O)cc2F)C1. The van der Waals surface area contributed by atoms with E-state index in [4.69, 9.17) is 5.21 Å². The largest absolute Gasteiger partial charge is 0.386 e. The number of hydroxylamine groups is 1. The highest BCUT2D eigenvalue weighted by molar-refractivity contribution is 7.89. The molecule has 1 aliphatic carbocycles. The van der Waals surface area contributed by atoms with Crippen molar-refractivity contribution in [2.24, 2.45) is 0 Å². The maximum Gasteiger partial charge on any atom is 0.250 e. The van der Waals surface area contributed by atoms with Gasteiger partial charge < -0.3 is 5.11 Å². The lowest BCUT2D eigenvalue weighted by Gasteiger charge is -2.51. The molecular formula is C27H30F2N2O6S. The number of nitrogens with one attached hydrogen (secondary N) is 1. The number of Topliss-reactive ketones (excluding diaryl/α,β-unsaturated/α-hetero) is 1. The number of halogens is 2. The predicted octanol–water partition coefficient (Wildman–Crippen LogP) is 3.43. The Morgan fingerprint density at radius 3 is 2.42 bits per heavy atom. The Labute approximate surface area is 220 Å². The molecule has 38 heavy (non-hydrogen) atoms. The second-order valence-electron chi connectivity index (χ2n) is 10.2. The molecule has 1 saturated heterocycles. The van der Waals surface area contributed by atoms with Gasteiger partial charge in [-0.15, -0.1) is 6.58 Å². The molecule has 0 radical (unpaired) electrons. The van der Waals surface area contributed by atoms with Crippen LogP contribution < -0.4 is 5.48 Å². The maximum absolute atomic E-state index is 15.5. The average Bonchev–Trinajstić information content (AvgIpc) is 2.86. The summed E-state index contributed by atoms with van der Waals surface area (Å²) in [7, 11) is -3.90. The standard InChI is InChI=1S/C27H30F2N2O6S/c1-3-26(34)15-27(16-26,24(32)13-25(33)30-35)20-12-21(28)19(11-22(20)29)14-31-17(2)9-10-23(38(31,36)37)18-7-5-4-6-8-18/h3-8,11-12,17,23,34-35H,1,9-10,13-16H2,2H3,(H,30,33)/t17-,23+,26?,27?/m0/s1. The molecule has 1 aliphatic heterocycles. The van der Waals surface area contributed by atoms with E-state index in [-0.39, 0.29) is 24.0 Å². The van der Waals surface area contributed by atoms with E-state index in [1.807, 2.05) is 0 Å². The molecule has 3 N–H and O–H groups in total. The van der Waals surface area contributed by atoms with Gasteiger partial charge in [-0.05, 0) is 50.3 Å². The molecular weight excluding hydrogens is 518 g/mol. The molecule has 2 fully saturated rings. The number of sulfonamides is 1. The number of benzene rings is 2. The summed E-state index contributed by atoms with van der Waals surface area (Å²) in [6, 6.07) is 9.98. The number of amides is 1. The number of carbonyl (C=O) groups is 2. The van der Waals surface area contributed by atoms with Crippen LogP contribution >= 0.6 is 0 Å². The lowest BCUT2D eigenvalue weighted by Crippen LogP contribution is -2.58. The summed E-state index contributed by atoms with van der Waals surface area (Å²) in [6.07, 6.45) is 0.666. The third-order valence-corrected chi connectivity index (χ3v) is 10.1. The van der Waals surface area contributed by atoms with E-state index < -0.39 is 68.6 Å². The van der Waals surface area contributed by atoms with Gasteiger partial charge in [0.25, 0.3) is 5.91 Å². The third kappa shape index (κ3) is 4.91. The van der Waals surface area contributed by atoms with Crippen molar-refractivity contribution in [2.45, 2.75) is 67.9 Å². The predicted molar refractivity (Wildman–Crippen MR) is 134 cm³/mol. The maximum atomic E-state index is 15.5. The van der Waals surface area contributed by atoms with Gasteiger partial charge >= 0.3 is 0 Å². The fourth-order valence-electron chi connectivity index (χ4n) is 5.63. The Balaban J connectivity index is 1.67. The van der Waals surface area contributed by atoms with Gasteiger partial charge in [0, 0.05) is 23.7 Å². The van der Waals surface area contributed by atoms with E-state index in [0.717, 1.165) is 12.1 Å². The Kier molecular flexibility index (Phi) is 7.59. The van der Waals surface area contributed by atoms with Crippen LogP contribution in [0.5, 0.6) is 0 Å². The Bertz CT molecular complexity index is 1360. The number of rotatable bonds is 8.